The summed E-state index contributed by atoms with van der Waals surface area (Å²) in [5.41, 5.74) is 2.77. The van der Waals surface area contributed by atoms with Gasteiger partial charge in [0, 0.05) is 10.9 Å². The van der Waals surface area contributed by atoms with Crippen LogP contribution in [0.1, 0.15) is 36.0 Å². The molecule has 1 aromatic carbocycles. The maximum absolute atomic E-state index is 5.37. The standard InChI is InChI=1S/C19H20N4O2S/c1-24-17-8-6-13(10-18(17)25-2)16-12-26-19(20-16)9-7-14-11-23(22-21-14)15-4-3-5-15/h6-12,15H,3-5H2,1-2H3. The summed E-state index contributed by atoms with van der Waals surface area (Å²) in [6.07, 6.45) is 9.63. The number of hydrogen-bond donors (Lipinski definition) is 0. The Hall–Kier alpha value is -2.67. The van der Waals surface area contributed by atoms with Crippen LogP contribution in [0.15, 0.2) is 29.8 Å². The summed E-state index contributed by atoms with van der Waals surface area (Å²) in [6, 6.07) is 6.34. The summed E-state index contributed by atoms with van der Waals surface area (Å²) in [5.74, 6) is 1.41. The molecule has 0 N–H and O–H groups in total. The zero-order valence-corrected chi connectivity index (χ0v) is 15.6. The fourth-order valence-electron chi connectivity index (χ4n) is 2.85. The average Bonchev–Trinajstić information content (AvgIpc) is 3.27. The predicted octanol–water partition coefficient (Wildman–Crippen LogP) is 4.31. The average molecular weight is 368 g/mol. The van der Waals surface area contributed by atoms with Crippen LogP contribution in [0.3, 0.4) is 0 Å². The monoisotopic (exact) mass is 368 g/mol. The highest BCUT2D eigenvalue weighted by molar-refractivity contribution is 7.10. The van der Waals surface area contributed by atoms with Gasteiger partial charge in [-0.25, -0.2) is 9.67 Å². The first-order valence-electron chi connectivity index (χ1n) is 8.54. The molecule has 0 spiro atoms. The Morgan fingerprint density at radius 1 is 1.15 bits per heavy atom. The molecular weight excluding hydrogens is 348 g/mol. The van der Waals surface area contributed by atoms with Crippen molar-refractivity contribution in [3.63, 3.8) is 0 Å². The molecule has 0 saturated heterocycles. The number of rotatable bonds is 6. The van der Waals surface area contributed by atoms with Crippen molar-refractivity contribution in [2.24, 2.45) is 0 Å². The van der Waals surface area contributed by atoms with Crippen LogP contribution in [-0.2, 0) is 0 Å². The van der Waals surface area contributed by atoms with Crippen LogP contribution in [0.5, 0.6) is 11.5 Å². The van der Waals surface area contributed by atoms with E-state index < -0.39 is 0 Å². The smallest absolute Gasteiger partial charge is 0.161 e. The first kappa shape index (κ1) is 16.8. The second-order valence-corrected chi connectivity index (χ2v) is 7.07. The fraction of sp³-hybridized carbons (Fsp3) is 0.316. The van der Waals surface area contributed by atoms with Crippen molar-refractivity contribution in [2.75, 3.05) is 14.2 Å². The van der Waals surface area contributed by atoms with Crippen molar-refractivity contribution in [1.29, 1.82) is 0 Å². The summed E-state index contributed by atoms with van der Waals surface area (Å²) in [5, 5.41) is 11.4. The van der Waals surface area contributed by atoms with E-state index in [2.05, 4.69) is 15.3 Å². The SMILES string of the molecule is COc1ccc(-c2csc(C=Cc3cn(C4CCC4)nn3)n2)cc1OC. The summed E-state index contributed by atoms with van der Waals surface area (Å²) in [7, 11) is 3.26. The quantitative estimate of drug-likeness (QED) is 0.649. The fourth-order valence-corrected chi connectivity index (χ4v) is 3.56. The second kappa shape index (κ2) is 7.29. The van der Waals surface area contributed by atoms with Gasteiger partial charge in [0.15, 0.2) is 11.5 Å². The van der Waals surface area contributed by atoms with Gasteiger partial charge in [0.25, 0.3) is 0 Å². The lowest BCUT2D eigenvalue weighted by molar-refractivity contribution is 0.284. The van der Waals surface area contributed by atoms with Crippen LogP contribution in [0.2, 0.25) is 0 Å². The minimum absolute atomic E-state index is 0.529. The molecule has 0 unspecified atom stereocenters. The minimum atomic E-state index is 0.529. The Morgan fingerprint density at radius 2 is 2.00 bits per heavy atom. The van der Waals surface area contributed by atoms with Crippen molar-refractivity contribution in [3.8, 4) is 22.8 Å². The lowest BCUT2D eigenvalue weighted by atomic mass is 9.93. The Labute approximate surface area is 156 Å². The molecule has 1 saturated carbocycles. The number of nitrogens with zero attached hydrogens (tertiary/aromatic N) is 4. The van der Waals surface area contributed by atoms with E-state index in [1.807, 2.05) is 46.6 Å². The van der Waals surface area contributed by atoms with Crippen molar-refractivity contribution in [3.05, 3.63) is 40.5 Å². The van der Waals surface area contributed by atoms with Crippen LogP contribution in [0.25, 0.3) is 23.4 Å². The van der Waals surface area contributed by atoms with Crippen molar-refractivity contribution in [2.45, 2.75) is 25.3 Å². The Balaban J connectivity index is 1.50. The van der Waals surface area contributed by atoms with E-state index in [1.54, 1.807) is 25.6 Å². The summed E-state index contributed by atoms with van der Waals surface area (Å²) in [6.45, 7) is 0. The third kappa shape index (κ3) is 3.35. The van der Waals surface area contributed by atoms with E-state index in [-0.39, 0.29) is 0 Å². The van der Waals surface area contributed by atoms with Crippen molar-refractivity contribution < 1.29 is 9.47 Å². The molecule has 2 heterocycles. The Kier molecular flexibility index (Phi) is 4.71. The number of aromatic nitrogens is 4. The molecule has 1 aliphatic rings. The van der Waals surface area contributed by atoms with E-state index in [9.17, 15) is 0 Å². The van der Waals surface area contributed by atoms with E-state index in [0.717, 1.165) is 22.0 Å². The van der Waals surface area contributed by atoms with Gasteiger partial charge in [0.2, 0.25) is 0 Å². The zero-order valence-electron chi connectivity index (χ0n) is 14.8. The number of ether oxygens (including phenoxy) is 2. The van der Waals surface area contributed by atoms with E-state index in [4.69, 9.17) is 9.47 Å². The topological polar surface area (TPSA) is 62.1 Å². The highest BCUT2D eigenvalue weighted by atomic mass is 32.1. The summed E-state index contributed by atoms with van der Waals surface area (Å²) in [4.78, 5) is 4.68. The third-order valence-electron chi connectivity index (χ3n) is 4.57. The van der Waals surface area contributed by atoms with E-state index in [1.165, 1.54) is 19.3 Å². The summed E-state index contributed by atoms with van der Waals surface area (Å²) >= 11 is 1.59. The number of hydrogen-bond acceptors (Lipinski definition) is 6. The van der Waals surface area contributed by atoms with Gasteiger partial charge in [-0.15, -0.1) is 16.4 Å². The minimum Gasteiger partial charge on any atom is -0.493 e. The molecule has 26 heavy (non-hydrogen) atoms. The van der Waals surface area contributed by atoms with Crippen LogP contribution in [0, 0.1) is 0 Å². The number of methoxy groups -OCH3 is 2. The molecule has 1 aliphatic carbocycles. The molecule has 134 valence electrons. The van der Waals surface area contributed by atoms with Gasteiger partial charge in [-0.3, -0.25) is 0 Å². The molecule has 4 rings (SSSR count). The zero-order chi connectivity index (χ0) is 17.9. The summed E-state index contributed by atoms with van der Waals surface area (Å²) < 4.78 is 12.6. The molecule has 1 fully saturated rings. The molecule has 7 heteroatoms. The van der Waals surface area contributed by atoms with Gasteiger partial charge < -0.3 is 9.47 Å². The van der Waals surface area contributed by atoms with Gasteiger partial charge >= 0.3 is 0 Å². The maximum Gasteiger partial charge on any atom is 0.161 e. The molecule has 0 bridgehead atoms. The van der Waals surface area contributed by atoms with Crippen LogP contribution < -0.4 is 9.47 Å². The van der Waals surface area contributed by atoms with Gasteiger partial charge in [-0.2, -0.15) is 0 Å². The third-order valence-corrected chi connectivity index (χ3v) is 5.38. The predicted molar refractivity (Wildman–Crippen MR) is 102 cm³/mol. The van der Waals surface area contributed by atoms with E-state index >= 15 is 0 Å². The Morgan fingerprint density at radius 3 is 2.73 bits per heavy atom. The lowest BCUT2D eigenvalue weighted by Crippen LogP contribution is -2.17. The second-order valence-electron chi connectivity index (χ2n) is 6.18. The molecule has 3 aromatic rings. The first-order chi connectivity index (χ1) is 12.8. The molecule has 6 nitrogen and oxygen atoms in total. The molecule has 0 atom stereocenters. The van der Waals surface area contributed by atoms with Gasteiger partial charge in [-0.05, 0) is 49.6 Å². The largest absolute Gasteiger partial charge is 0.493 e. The van der Waals surface area contributed by atoms with Crippen molar-refractivity contribution in [1.82, 2.24) is 20.0 Å². The number of thiazole rings is 1. The van der Waals surface area contributed by atoms with Crippen molar-refractivity contribution >= 4 is 23.5 Å². The highest BCUT2D eigenvalue weighted by Gasteiger charge is 2.20. The Bertz CT molecular complexity index is 927. The molecular formula is C19H20N4O2S. The molecule has 0 amide bonds. The van der Waals surface area contributed by atoms with Crippen LogP contribution in [-0.4, -0.2) is 34.2 Å². The lowest BCUT2D eigenvalue weighted by Gasteiger charge is -2.24. The molecule has 0 radical (unpaired) electrons. The normalized spacial score (nSPS) is 14.5. The van der Waals surface area contributed by atoms with Crippen LogP contribution >= 0.6 is 11.3 Å². The highest BCUT2D eigenvalue weighted by Crippen LogP contribution is 2.33. The van der Waals surface area contributed by atoms with Gasteiger partial charge in [-0.1, -0.05) is 5.21 Å². The van der Waals surface area contributed by atoms with E-state index in [0.29, 0.717) is 17.5 Å². The first-order valence-corrected chi connectivity index (χ1v) is 9.42. The maximum atomic E-state index is 5.37. The van der Waals surface area contributed by atoms with Gasteiger partial charge in [0.1, 0.15) is 10.7 Å². The number of benzene rings is 1. The van der Waals surface area contributed by atoms with Gasteiger partial charge in [0.05, 0.1) is 32.2 Å². The molecule has 0 aliphatic heterocycles. The molecule has 2 aromatic heterocycles. The van der Waals surface area contributed by atoms with Crippen LogP contribution in [0.4, 0.5) is 0 Å².